The largest absolute Gasteiger partial charge is 0.469 e. The van der Waals surface area contributed by atoms with E-state index >= 15 is 0 Å². The van der Waals surface area contributed by atoms with Gasteiger partial charge in [-0.1, -0.05) is 167 Å². The molecule has 8 atom stereocenters. The lowest BCUT2D eigenvalue weighted by atomic mass is 10.0. The van der Waals surface area contributed by atoms with Gasteiger partial charge < -0.3 is 31.9 Å². The molecule has 0 saturated heterocycles. The van der Waals surface area contributed by atoms with Crippen molar-refractivity contribution in [3.05, 3.63) is 0 Å². The molecule has 10 nitrogen and oxygen atoms in total. The lowest BCUT2D eigenvalue weighted by molar-refractivity contribution is -0.140. The minimum Gasteiger partial charge on any atom is -0.469 e. The number of hydrogen-bond acceptors (Lipinski definition) is 18. The fourth-order valence-corrected chi connectivity index (χ4v) is 27.1. The summed E-state index contributed by atoms with van der Waals surface area (Å²) in [4.78, 5) is 11.9. The zero-order chi connectivity index (χ0) is 53.1. The van der Waals surface area contributed by atoms with Crippen molar-refractivity contribution in [3.63, 3.8) is 0 Å². The van der Waals surface area contributed by atoms with Crippen LogP contribution in [-0.2, 0) is 81.1 Å². The molecule has 0 aliphatic carbocycles. The van der Waals surface area contributed by atoms with Crippen molar-refractivity contribution < 1.29 is 45.7 Å². The molecule has 0 rings (SSSR count). The molecule has 70 heavy (non-hydrogen) atoms. The summed E-state index contributed by atoms with van der Waals surface area (Å²) < 4.78 is 58.3. The monoisotopic (exact) mass is 1220 g/mol. The standard InChI is InChI=1S/C48H101O10P4S8/c1-15-23-27-44(19-5)33-51-59(63,52-34-45(20-6)28-24-16-2)68-37-41(11)57-62(66,70-39-43(13)56-61(65,55-40(9)10)67-32-31-48(49)50-14)58-42(12)38-69-60(64,53-35-46(21-7)29-25-17-3)54-36-47(22-8)30-26-18-4/h40-47,66H,15-39H2,1-14H3/q+1. The van der Waals surface area contributed by atoms with Gasteiger partial charge in [0.05, 0.1) is 81.5 Å². The first kappa shape index (κ1) is 73.3. The number of methoxy groups -OCH3 is 1. The Morgan fingerprint density at radius 1 is 0.529 bits per heavy atom. The molecular formula is C48H101O10P4S8+. The molecule has 0 aromatic rings. The Hall–Kier alpha value is 3.28. The first-order chi connectivity index (χ1) is 33.1. The van der Waals surface area contributed by atoms with E-state index in [1.165, 1.54) is 55.6 Å². The maximum absolute atomic E-state index is 11.9. The van der Waals surface area contributed by atoms with E-state index in [1.807, 2.05) is 34.6 Å². The van der Waals surface area contributed by atoms with Crippen LogP contribution in [0.5, 0.6) is 0 Å². The number of unbranched alkanes of at least 4 members (excludes halogenated alkanes) is 4. The van der Waals surface area contributed by atoms with Crippen LogP contribution in [0.2, 0.25) is 0 Å². The Bertz CT molecular complexity index is 1350. The van der Waals surface area contributed by atoms with Crippen LogP contribution >= 0.6 is 81.0 Å². The molecule has 0 aliphatic rings. The summed E-state index contributed by atoms with van der Waals surface area (Å²) in [6, 6.07) is 0. The van der Waals surface area contributed by atoms with Crippen molar-refractivity contribution in [1.29, 1.82) is 0 Å². The highest BCUT2D eigenvalue weighted by molar-refractivity contribution is 8.87. The molecule has 0 saturated carbocycles. The zero-order valence-electron chi connectivity index (χ0n) is 46.0. The average Bonchev–Trinajstić information content (AvgIpc) is 3.32. The molecule has 420 valence electrons. The minimum absolute atomic E-state index is 0.155. The lowest BCUT2D eigenvalue weighted by Gasteiger charge is -2.29. The van der Waals surface area contributed by atoms with Gasteiger partial charge in [0.1, 0.15) is 12.2 Å². The predicted molar refractivity (Wildman–Crippen MR) is 330 cm³/mol. The number of carbonyl (C=O) groups is 1. The molecule has 22 heteroatoms. The van der Waals surface area contributed by atoms with Crippen molar-refractivity contribution in [2.45, 2.75) is 224 Å². The fraction of sp³-hybridized carbons (Fsp3) is 0.979. The summed E-state index contributed by atoms with van der Waals surface area (Å²) in [5.74, 6) is 3.46. The second-order valence-electron chi connectivity index (χ2n) is 18.6. The molecular weight excluding hydrogens is 1120 g/mol. The van der Waals surface area contributed by atoms with Gasteiger partial charge in [-0.25, -0.2) is 0 Å². The fourth-order valence-electron chi connectivity index (χ4n) is 6.73. The van der Waals surface area contributed by atoms with Crippen LogP contribution in [-0.4, -0.2) is 86.9 Å². The second-order valence-corrected chi connectivity index (χ2v) is 44.2. The van der Waals surface area contributed by atoms with E-state index in [0.717, 1.165) is 77.0 Å². The Balaban J connectivity index is 6.66. The summed E-state index contributed by atoms with van der Waals surface area (Å²) in [5.41, 5.74) is -8.28. The van der Waals surface area contributed by atoms with Crippen LogP contribution < -0.4 is 0 Å². The number of thiol groups is 1. The topological polar surface area (TPSA) is 100 Å². The number of hydrogen-bond donors (Lipinski definition) is 1. The molecule has 0 bridgehead atoms. The van der Waals surface area contributed by atoms with Crippen LogP contribution in [0.4, 0.5) is 0 Å². The van der Waals surface area contributed by atoms with E-state index in [2.05, 4.69) is 55.4 Å². The number of carbonyl (C=O) groups excluding carboxylic acids is 1. The van der Waals surface area contributed by atoms with E-state index in [9.17, 15) is 4.79 Å². The van der Waals surface area contributed by atoms with Crippen LogP contribution in [0.3, 0.4) is 0 Å². The van der Waals surface area contributed by atoms with Gasteiger partial charge in [-0.2, -0.15) is 9.05 Å². The molecule has 0 amide bonds. The predicted octanol–water partition coefficient (Wildman–Crippen LogP) is 19.3. The smallest absolute Gasteiger partial charge is 0.393 e. The highest BCUT2D eigenvalue weighted by atomic mass is 33.1. The number of ether oxygens (including phenoxy) is 1. The Morgan fingerprint density at radius 3 is 1.19 bits per heavy atom. The van der Waals surface area contributed by atoms with Gasteiger partial charge in [0.2, 0.25) is 17.1 Å². The zero-order valence-corrected chi connectivity index (χ0v) is 56.2. The van der Waals surface area contributed by atoms with Gasteiger partial charge >= 0.3 is 12.1 Å². The molecule has 0 fully saturated rings. The van der Waals surface area contributed by atoms with Crippen LogP contribution in [0.15, 0.2) is 0 Å². The molecule has 0 radical (unpaired) electrons. The average molecular weight is 1220 g/mol. The van der Waals surface area contributed by atoms with Crippen molar-refractivity contribution in [2.75, 3.05) is 56.5 Å². The molecule has 8 unspecified atom stereocenters. The third-order valence-electron chi connectivity index (χ3n) is 11.5. The van der Waals surface area contributed by atoms with E-state index in [0.29, 0.717) is 73.1 Å². The summed E-state index contributed by atoms with van der Waals surface area (Å²) in [6.45, 7) is 30.2. The van der Waals surface area contributed by atoms with Gasteiger partial charge in [0.15, 0.2) is 0 Å². The molecule has 0 heterocycles. The Morgan fingerprint density at radius 2 is 0.886 bits per heavy atom. The van der Waals surface area contributed by atoms with Crippen molar-refractivity contribution in [3.8, 4) is 0 Å². The molecule has 0 aliphatic heterocycles. The van der Waals surface area contributed by atoms with E-state index in [1.54, 1.807) is 22.8 Å². The van der Waals surface area contributed by atoms with E-state index in [-0.39, 0.29) is 36.8 Å². The van der Waals surface area contributed by atoms with Gasteiger partial charge in [-0.15, -0.1) is 0 Å². The van der Waals surface area contributed by atoms with Gasteiger partial charge in [0.25, 0.3) is 0 Å². The van der Waals surface area contributed by atoms with Crippen molar-refractivity contribution >= 4 is 122 Å². The number of esters is 1. The highest BCUT2D eigenvalue weighted by Crippen LogP contribution is 2.78. The quantitative estimate of drug-likeness (QED) is 0.0355. The van der Waals surface area contributed by atoms with Crippen LogP contribution in [0.1, 0.15) is 199 Å². The summed E-state index contributed by atoms with van der Waals surface area (Å²) in [7, 11) is 1.38. The van der Waals surface area contributed by atoms with Crippen LogP contribution in [0, 0.1) is 23.7 Å². The minimum atomic E-state index is -2.96. The van der Waals surface area contributed by atoms with Gasteiger partial charge in [0, 0.05) is 17.3 Å². The molecule has 0 aromatic carbocycles. The van der Waals surface area contributed by atoms with Crippen molar-refractivity contribution in [1.82, 2.24) is 0 Å². The third-order valence-corrected chi connectivity index (χ3v) is 33.7. The van der Waals surface area contributed by atoms with Crippen molar-refractivity contribution in [2.24, 2.45) is 23.7 Å². The van der Waals surface area contributed by atoms with Gasteiger partial charge in [-0.3, -0.25) is 4.79 Å². The summed E-state index contributed by atoms with van der Waals surface area (Å²) in [5, 5.41) is 0. The summed E-state index contributed by atoms with van der Waals surface area (Å²) in [6.07, 6.45) is 14.1. The Kier molecular flexibility index (Phi) is 45.1. The maximum atomic E-state index is 11.9. The Labute approximate surface area is 468 Å². The maximum Gasteiger partial charge on any atom is 0.393 e. The normalized spacial score (nSPS) is 18.7. The second kappa shape index (κ2) is 43.1. The van der Waals surface area contributed by atoms with Gasteiger partial charge in [-0.05, 0) is 119 Å². The SMILES string of the molecule is CCCCC(CC)COP(=S)(OCC(CC)CCCC)SCC(C)O[P+](S)(OC(C)CSP(=S)(OCC(CC)CCCC)OCC(CC)CCCC)SCC(C)OP(=S)(OC(C)C)SCCC(=O)OC. The first-order valence-electron chi connectivity index (χ1n) is 26.5. The lowest BCUT2D eigenvalue weighted by Crippen LogP contribution is -2.18. The summed E-state index contributed by atoms with van der Waals surface area (Å²) >= 11 is 30.0. The first-order valence-corrected chi connectivity index (χ1v) is 43.6. The third kappa shape index (κ3) is 36.5. The van der Waals surface area contributed by atoms with E-state index in [4.69, 9.17) is 88.6 Å². The van der Waals surface area contributed by atoms with E-state index < -0.39 is 23.2 Å². The molecule has 0 spiro atoms. The highest BCUT2D eigenvalue weighted by Gasteiger charge is 2.46. The number of rotatable bonds is 49. The molecule has 0 aromatic heterocycles. The molecule has 0 N–H and O–H groups in total. The van der Waals surface area contributed by atoms with Crippen LogP contribution in [0.25, 0.3) is 0 Å².